The highest BCUT2D eigenvalue weighted by atomic mass is 16.2. The van der Waals surface area contributed by atoms with E-state index < -0.39 is 0 Å². The number of anilines is 3. The number of rotatable bonds is 5. The summed E-state index contributed by atoms with van der Waals surface area (Å²) in [5.74, 6) is -0.862. The molecule has 7 heteroatoms. The first-order valence-electron chi connectivity index (χ1n) is 8.52. The summed E-state index contributed by atoms with van der Waals surface area (Å²) in [6.45, 7) is 1.40. The Morgan fingerprint density at radius 1 is 0.679 bits per heavy atom. The molecule has 3 N–H and O–H groups in total. The fourth-order valence-electron chi connectivity index (χ4n) is 2.52. The van der Waals surface area contributed by atoms with Crippen molar-refractivity contribution in [1.29, 1.82) is 0 Å². The molecule has 0 aliphatic heterocycles. The Morgan fingerprint density at radius 3 is 1.71 bits per heavy atom. The second-order valence-corrected chi connectivity index (χ2v) is 5.99. The van der Waals surface area contributed by atoms with Crippen LogP contribution >= 0.6 is 0 Å². The average molecular weight is 374 g/mol. The van der Waals surface area contributed by atoms with E-state index >= 15 is 0 Å². The van der Waals surface area contributed by atoms with Gasteiger partial charge in [-0.25, -0.2) is 0 Å². The molecule has 0 saturated heterocycles. The van der Waals surface area contributed by atoms with Crippen LogP contribution < -0.4 is 16.0 Å². The molecule has 0 fully saturated rings. The molecule has 2 aromatic carbocycles. The van der Waals surface area contributed by atoms with E-state index in [1.54, 1.807) is 73.1 Å². The van der Waals surface area contributed by atoms with E-state index in [4.69, 9.17) is 0 Å². The molecule has 0 aliphatic rings. The molecule has 1 aromatic heterocycles. The smallest absolute Gasteiger partial charge is 0.255 e. The van der Waals surface area contributed by atoms with Crippen molar-refractivity contribution in [3.05, 3.63) is 84.2 Å². The molecule has 0 radical (unpaired) electrons. The van der Waals surface area contributed by atoms with Gasteiger partial charge >= 0.3 is 0 Å². The van der Waals surface area contributed by atoms with Crippen molar-refractivity contribution in [2.75, 3.05) is 16.0 Å². The van der Waals surface area contributed by atoms with E-state index in [1.165, 1.54) is 6.92 Å². The molecule has 0 atom stereocenters. The lowest BCUT2D eigenvalue weighted by molar-refractivity contribution is -0.114. The van der Waals surface area contributed by atoms with E-state index in [2.05, 4.69) is 20.9 Å². The third-order valence-electron chi connectivity index (χ3n) is 3.77. The first kappa shape index (κ1) is 18.8. The highest BCUT2D eigenvalue weighted by Crippen LogP contribution is 2.16. The van der Waals surface area contributed by atoms with E-state index in [0.29, 0.717) is 28.2 Å². The number of carbonyl (C=O) groups is 3. The number of carbonyl (C=O) groups excluding carboxylic acids is 3. The Hall–Kier alpha value is -4.00. The molecule has 0 unspecified atom stereocenters. The van der Waals surface area contributed by atoms with Gasteiger partial charge in [-0.05, 0) is 48.5 Å². The number of hydrogen-bond donors (Lipinski definition) is 3. The van der Waals surface area contributed by atoms with E-state index in [9.17, 15) is 14.4 Å². The summed E-state index contributed by atoms with van der Waals surface area (Å²) in [4.78, 5) is 39.9. The van der Waals surface area contributed by atoms with Gasteiger partial charge in [0.05, 0.1) is 0 Å². The molecule has 1 heterocycles. The summed E-state index contributed by atoms with van der Waals surface area (Å²) in [6.07, 6.45) is 3.17. The van der Waals surface area contributed by atoms with Crippen molar-refractivity contribution in [3.8, 4) is 0 Å². The minimum absolute atomic E-state index is 0.217. The molecule has 140 valence electrons. The minimum atomic E-state index is -0.348. The van der Waals surface area contributed by atoms with Gasteiger partial charge in [0.15, 0.2) is 0 Å². The van der Waals surface area contributed by atoms with Crippen LogP contribution in [0, 0.1) is 0 Å². The Kier molecular flexibility index (Phi) is 5.76. The van der Waals surface area contributed by atoms with Gasteiger partial charge in [-0.2, -0.15) is 0 Å². The van der Waals surface area contributed by atoms with Crippen molar-refractivity contribution < 1.29 is 14.4 Å². The number of pyridine rings is 1. The fourth-order valence-corrected chi connectivity index (χ4v) is 2.52. The maximum atomic E-state index is 12.5. The highest BCUT2D eigenvalue weighted by Gasteiger charge is 2.10. The zero-order valence-corrected chi connectivity index (χ0v) is 15.1. The van der Waals surface area contributed by atoms with Crippen LogP contribution in [0.3, 0.4) is 0 Å². The Labute approximate surface area is 161 Å². The van der Waals surface area contributed by atoms with Gasteiger partial charge in [-0.15, -0.1) is 0 Å². The molecule has 0 bridgehead atoms. The SMILES string of the molecule is CC(=O)Nc1cccc(C(=O)Nc2cccc(C(=O)Nc3ccncc3)c2)c1. The largest absolute Gasteiger partial charge is 0.326 e. The standard InChI is InChI=1S/C21H18N4O3/c1-14(26)23-18-6-2-4-15(12-18)21(28)25-19-7-3-5-16(13-19)20(27)24-17-8-10-22-11-9-17/h2-13H,1H3,(H,23,26)(H,25,28)(H,22,24,27). The van der Waals surface area contributed by atoms with E-state index in [-0.39, 0.29) is 17.7 Å². The molecule has 0 saturated carbocycles. The predicted molar refractivity (Wildman–Crippen MR) is 107 cm³/mol. The first-order chi connectivity index (χ1) is 13.5. The molecular formula is C21H18N4O3. The van der Waals surface area contributed by atoms with E-state index in [0.717, 1.165) is 0 Å². The normalized spacial score (nSPS) is 10.0. The van der Waals surface area contributed by atoms with Crippen LogP contribution in [0.15, 0.2) is 73.1 Å². The zero-order valence-electron chi connectivity index (χ0n) is 15.1. The molecule has 3 amide bonds. The maximum Gasteiger partial charge on any atom is 0.255 e. The second kappa shape index (κ2) is 8.59. The quantitative estimate of drug-likeness (QED) is 0.636. The maximum absolute atomic E-state index is 12.5. The summed E-state index contributed by atoms with van der Waals surface area (Å²) in [7, 11) is 0. The van der Waals surface area contributed by atoms with Gasteiger partial charge in [0, 0.05) is 47.5 Å². The lowest BCUT2D eigenvalue weighted by Crippen LogP contribution is -2.15. The monoisotopic (exact) mass is 374 g/mol. The summed E-state index contributed by atoms with van der Waals surface area (Å²) < 4.78 is 0. The fraction of sp³-hybridized carbons (Fsp3) is 0.0476. The molecule has 3 aromatic rings. The number of hydrogen-bond acceptors (Lipinski definition) is 4. The number of nitrogens with zero attached hydrogens (tertiary/aromatic N) is 1. The molecule has 0 aliphatic carbocycles. The lowest BCUT2D eigenvalue weighted by Gasteiger charge is -2.09. The Bertz CT molecular complexity index is 1020. The van der Waals surface area contributed by atoms with Crippen LogP contribution in [0.2, 0.25) is 0 Å². The van der Waals surface area contributed by atoms with E-state index in [1.807, 2.05) is 0 Å². The summed E-state index contributed by atoms with van der Waals surface area (Å²) >= 11 is 0. The minimum Gasteiger partial charge on any atom is -0.326 e. The van der Waals surface area contributed by atoms with Gasteiger partial charge in [-0.3, -0.25) is 19.4 Å². The summed E-state index contributed by atoms with van der Waals surface area (Å²) in [5, 5.41) is 8.16. The van der Waals surface area contributed by atoms with Crippen LogP contribution in [0.1, 0.15) is 27.6 Å². The van der Waals surface area contributed by atoms with Crippen LogP contribution in [-0.4, -0.2) is 22.7 Å². The second-order valence-electron chi connectivity index (χ2n) is 5.99. The van der Waals surface area contributed by atoms with Crippen molar-refractivity contribution in [2.45, 2.75) is 6.92 Å². The number of nitrogens with one attached hydrogen (secondary N) is 3. The number of benzene rings is 2. The van der Waals surface area contributed by atoms with Crippen molar-refractivity contribution in [3.63, 3.8) is 0 Å². The molecule has 28 heavy (non-hydrogen) atoms. The summed E-state index contributed by atoms with van der Waals surface area (Å²) in [5.41, 5.74) is 2.44. The van der Waals surface area contributed by atoms with Gasteiger partial charge in [-0.1, -0.05) is 12.1 Å². The van der Waals surface area contributed by atoms with Gasteiger partial charge in [0.1, 0.15) is 0 Å². The third-order valence-corrected chi connectivity index (χ3v) is 3.77. The Balaban J connectivity index is 1.71. The zero-order chi connectivity index (χ0) is 19.9. The van der Waals surface area contributed by atoms with Crippen LogP contribution in [-0.2, 0) is 4.79 Å². The lowest BCUT2D eigenvalue weighted by atomic mass is 10.1. The van der Waals surface area contributed by atoms with Gasteiger partial charge in [0.2, 0.25) is 5.91 Å². The van der Waals surface area contributed by atoms with Crippen LogP contribution in [0.25, 0.3) is 0 Å². The average Bonchev–Trinajstić information content (AvgIpc) is 2.68. The third kappa shape index (κ3) is 5.01. The first-order valence-corrected chi connectivity index (χ1v) is 8.52. The molecule has 3 rings (SSSR count). The van der Waals surface area contributed by atoms with Crippen LogP contribution in [0.4, 0.5) is 17.1 Å². The van der Waals surface area contributed by atoms with Crippen molar-refractivity contribution >= 4 is 34.8 Å². The van der Waals surface area contributed by atoms with Crippen molar-refractivity contribution in [2.24, 2.45) is 0 Å². The van der Waals surface area contributed by atoms with Crippen molar-refractivity contribution in [1.82, 2.24) is 4.98 Å². The topological polar surface area (TPSA) is 100 Å². The molecular weight excluding hydrogens is 356 g/mol. The summed E-state index contributed by atoms with van der Waals surface area (Å²) in [6, 6.07) is 16.6. The molecule has 0 spiro atoms. The van der Waals surface area contributed by atoms with Crippen LogP contribution in [0.5, 0.6) is 0 Å². The number of amides is 3. The number of aromatic nitrogens is 1. The van der Waals surface area contributed by atoms with Gasteiger partial charge in [0.25, 0.3) is 11.8 Å². The predicted octanol–water partition coefficient (Wildman–Crippen LogP) is 3.54. The molecule has 7 nitrogen and oxygen atoms in total. The van der Waals surface area contributed by atoms with Gasteiger partial charge < -0.3 is 16.0 Å². The highest BCUT2D eigenvalue weighted by molar-refractivity contribution is 6.07. The Morgan fingerprint density at radius 2 is 1.18 bits per heavy atom.